The number of aromatic nitrogens is 8. The summed E-state index contributed by atoms with van der Waals surface area (Å²) in [6, 6.07) is 10.2. The second kappa shape index (κ2) is 10.4. The Morgan fingerprint density at radius 1 is 0.698 bits per heavy atom. The average molecular weight is 581 g/mol. The van der Waals surface area contributed by atoms with Crippen LogP contribution in [0.5, 0.6) is 0 Å². The van der Waals surface area contributed by atoms with Gasteiger partial charge < -0.3 is 9.13 Å². The van der Waals surface area contributed by atoms with Crippen LogP contribution in [0.2, 0.25) is 0 Å². The maximum absolute atomic E-state index is 14.1. The molecule has 0 radical (unpaired) electrons. The molecule has 1 atom stereocenters. The van der Waals surface area contributed by atoms with Crippen LogP contribution in [-0.2, 0) is 45.3 Å². The minimum absolute atomic E-state index is 0.0170. The second-order valence-electron chi connectivity index (χ2n) is 12.2. The van der Waals surface area contributed by atoms with Crippen LogP contribution < -0.4 is 0 Å². The van der Waals surface area contributed by atoms with Gasteiger partial charge in [0.05, 0.1) is 38.1 Å². The molecular weight excluding hydrogens is 546 g/mol. The lowest BCUT2D eigenvalue weighted by Gasteiger charge is -2.15. The molecule has 10 heteroatoms. The smallest absolute Gasteiger partial charge is 0.123 e. The van der Waals surface area contributed by atoms with Gasteiger partial charge in [0.1, 0.15) is 23.0 Å². The molecule has 2 aliphatic carbocycles. The van der Waals surface area contributed by atoms with Crippen molar-refractivity contribution in [3.05, 3.63) is 94.3 Å². The monoisotopic (exact) mass is 580 g/mol. The van der Waals surface area contributed by atoms with Crippen molar-refractivity contribution < 1.29 is 8.78 Å². The zero-order valence-electron chi connectivity index (χ0n) is 24.3. The molecule has 0 spiro atoms. The summed E-state index contributed by atoms with van der Waals surface area (Å²) in [5.74, 6) is -0.379. The lowest BCUT2D eigenvalue weighted by Crippen LogP contribution is -2.14. The van der Waals surface area contributed by atoms with E-state index in [0.717, 1.165) is 84.6 Å². The summed E-state index contributed by atoms with van der Waals surface area (Å²) < 4.78 is 36.5. The Kier molecular flexibility index (Phi) is 6.38. The Morgan fingerprint density at radius 3 is 1.84 bits per heavy atom. The molecule has 43 heavy (non-hydrogen) atoms. The molecule has 220 valence electrons. The molecule has 0 saturated heterocycles. The molecular formula is C33H34F2N8. The van der Waals surface area contributed by atoms with Crippen molar-refractivity contribution in [2.24, 2.45) is 0 Å². The maximum Gasteiger partial charge on any atom is 0.123 e. The summed E-state index contributed by atoms with van der Waals surface area (Å²) >= 11 is 0. The summed E-state index contributed by atoms with van der Waals surface area (Å²) in [5, 5.41) is 19.9. The van der Waals surface area contributed by atoms with Gasteiger partial charge in [-0.2, -0.15) is 0 Å². The van der Waals surface area contributed by atoms with Crippen LogP contribution in [0.1, 0.15) is 72.6 Å². The summed E-state index contributed by atoms with van der Waals surface area (Å²) in [7, 11) is 0. The molecule has 1 unspecified atom stereocenters. The molecule has 4 heterocycles. The predicted molar refractivity (Wildman–Crippen MR) is 160 cm³/mol. The van der Waals surface area contributed by atoms with E-state index in [1.165, 1.54) is 22.5 Å². The summed E-state index contributed by atoms with van der Waals surface area (Å²) in [4.78, 5) is 0. The van der Waals surface area contributed by atoms with E-state index in [1.807, 2.05) is 33.9 Å². The van der Waals surface area contributed by atoms with E-state index >= 15 is 0 Å². The number of halogens is 2. The maximum atomic E-state index is 14.1. The van der Waals surface area contributed by atoms with E-state index < -0.39 is 0 Å². The van der Waals surface area contributed by atoms with Crippen molar-refractivity contribution >= 4 is 21.8 Å². The molecule has 2 aliphatic rings. The van der Waals surface area contributed by atoms with Gasteiger partial charge in [0.2, 0.25) is 0 Å². The minimum Gasteiger partial charge on any atom is -0.338 e. The first-order valence-corrected chi connectivity index (χ1v) is 15.4. The fourth-order valence-corrected chi connectivity index (χ4v) is 7.36. The zero-order valence-corrected chi connectivity index (χ0v) is 24.3. The molecule has 0 aliphatic heterocycles. The average Bonchev–Trinajstić information content (AvgIpc) is 3.80. The van der Waals surface area contributed by atoms with Crippen LogP contribution in [-0.4, -0.2) is 39.1 Å². The number of nitrogens with zero attached hydrogens (tertiary/aromatic N) is 8. The topological polar surface area (TPSA) is 71.3 Å². The molecule has 0 amide bonds. The van der Waals surface area contributed by atoms with E-state index in [2.05, 4.69) is 36.7 Å². The standard InChI is InChI=1S/C33H34F2N8/c1-21(43-20-25(37-39-43)19-42-31-9-5-3-7-27(31)29-15-23(35)11-13-33(29)42)16-40-17-24(36-38-40)18-41-30-8-4-2-6-26(30)28-14-22(34)10-12-32(28)41/h10-15,17,20-21H,2-9,16,18-19H2,1H3. The number of hydrogen-bond acceptors (Lipinski definition) is 4. The third kappa shape index (κ3) is 4.63. The van der Waals surface area contributed by atoms with E-state index in [-0.39, 0.29) is 17.7 Å². The number of hydrogen-bond donors (Lipinski definition) is 0. The van der Waals surface area contributed by atoms with Crippen molar-refractivity contribution in [3.8, 4) is 0 Å². The van der Waals surface area contributed by atoms with Crippen LogP contribution in [0, 0.1) is 11.6 Å². The highest BCUT2D eigenvalue weighted by atomic mass is 19.1. The van der Waals surface area contributed by atoms with E-state index in [0.29, 0.717) is 19.6 Å². The van der Waals surface area contributed by atoms with Gasteiger partial charge in [-0.1, -0.05) is 10.4 Å². The molecule has 2 aromatic carbocycles. The van der Waals surface area contributed by atoms with Crippen molar-refractivity contribution in [3.63, 3.8) is 0 Å². The first-order valence-electron chi connectivity index (χ1n) is 15.4. The minimum atomic E-state index is -0.189. The fraction of sp³-hybridized carbons (Fsp3) is 0.394. The third-order valence-electron chi connectivity index (χ3n) is 9.37. The summed E-state index contributed by atoms with van der Waals surface area (Å²) in [6.45, 7) is 3.92. The highest BCUT2D eigenvalue weighted by molar-refractivity contribution is 5.87. The van der Waals surface area contributed by atoms with Gasteiger partial charge in [-0.25, -0.2) is 13.5 Å². The van der Waals surface area contributed by atoms with Gasteiger partial charge in [0.25, 0.3) is 0 Å². The van der Waals surface area contributed by atoms with Crippen molar-refractivity contribution in [1.29, 1.82) is 0 Å². The van der Waals surface area contributed by atoms with Gasteiger partial charge in [-0.05, 0) is 106 Å². The Morgan fingerprint density at radius 2 is 1.23 bits per heavy atom. The molecule has 8 nitrogen and oxygen atoms in total. The summed E-state index contributed by atoms with van der Waals surface area (Å²) in [5.41, 5.74) is 9.04. The highest BCUT2D eigenvalue weighted by Crippen LogP contribution is 2.34. The summed E-state index contributed by atoms with van der Waals surface area (Å²) in [6.07, 6.45) is 12.6. The first-order chi connectivity index (χ1) is 21.0. The van der Waals surface area contributed by atoms with Crippen molar-refractivity contribution in [1.82, 2.24) is 39.1 Å². The number of aryl methyl sites for hydroxylation is 2. The molecule has 0 N–H and O–H groups in total. The van der Waals surface area contributed by atoms with E-state index in [1.54, 1.807) is 24.3 Å². The van der Waals surface area contributed by atoms with Crippen LogP contribution in [0.4, 0.5) is 8.78 Å². The van der Waals surface area contributed by atoms with Gasteiger partial charge in [0, 0.05) is 33.2 Å². The number of benzene rings is 2. The predicted octanol–water partition coefficient (Wildman–Crippen LogP) is 6.17. The molecule has 0 saturated carbocycles. The van der Waals surface area contributed by atoms with Gasteiger partial charge >= 0.3 is 0 Å². The zero-order chi connectivity index (χ0) is 29.1. The van der Waals surface area contributed by atoms with Crippen LogP contribution in [0.25, 0.3) is 21.8 Å². The highest BCUT2D eigenvalue weighted by Gasteiger charge is 2.23. The third-order valence-corrected chi connectivity index (χ3v) is 9.37. The van der Waals surface area contributed by atoms with E-state index in [4.69, 9.17) is 0 Å². The van der Waals surface area contributed by atoms with Crippen LogP contribution in [0.15, 0.2) is 48.8 Å². The molecule has 8 rings (SSSR count). The first kappa shape index (κ1) is 26.3. The lowest BCUT2D eigenvalue weighted by molar-refractivity contribution is 0.392. The second-order valence-corrected chi connectivity index (χ2v) is 12.2. The van der Waals surface area contributed by atoms with Crippen molar-refractivity contribution in [2.75, 3.05) is 0 Å². The molecule has 0 fully saturated rings. The molecule has 6 aromatic rings. The molecule has 4 aromatic heterocycles. The van der Waals surface area contributed by atoms with Crippen LogP contribution in [0.3, 0.4) is 0 Å². The normalized spacial score (nSPS) is 15.7. The van der Waals surface area contributed by atoms with Gasteiger partial charge in [0.15, 0.2) is 0 Å². The quantitative estimate of drug-likeness (QED) is 0.226. The van der Waals surface area contributed by atoms with Gasteiger partial charge in [-0.3, -0.25) is 4.68 Å². The Bertz CT molecular complexity index is 1980. The Hall–Kier alpha value is -4.34. The lowest BCUT2D eigenvalue weighted by atomic mass is 9.95. The Balaban J connectivity index is 0.999. The van der Waals surface area contributed by atoms with Crippen molar-refractivity contribution in [2.45, 2.75) is 84.0 Å². The van der Waals surface area contributed by atoms with E-state index in [9.17, 15) is 8.78 Å². The van der Waals surface area contributed by atoms with Gasteiger partial charge in [-0.15, -0.1) is 10.2 Å². The number of rotatable bonds is 7. The molecule has 0 bridgehead atoms. The van der Waals surface area contributed by atoms with Crippen LogP contribution >= 0.6 is 0 Å². The SMILES string of the molecule is CC(Cn1cc(Cn2c3c(c4cc(F)ccc42)CCCC3)nn1)n1cc(Cn2c3c(c4cc(F)ccc42)CCCC3)nn1. The fourth-order valence-electron chi connectivity index (χ4n) is 7.36. The number of fused-ring (bicyclic) bond motifs is 6. The largest absolute Gasteiger partial charge is 0.338 e. The Labute approximate surface area is 247 Å².